The molecular weight excluding hydrogens is 306 g/mol. The maximum Gasteiger partial charge on any atom is 0.236 e. The Morgan fingerprint density at radius 1 is 0.958 bits per heavy atom. The molecular formula is C17H27N5O2. The van der Waals surface area contributed by atoms with Gasteiger partial charge in [-0.2, -0.15) is 0 Å². The minimum atomic E-state index is 0.300. The van der Waals surface area contributed by atoms with E-state index in [0.29, 0.717) is 18.4 Å². The SMILES string of the molecule is O=C(CN1CCN(Cc2nnc(C3CC3)o2)CC1)N1CCCCC1. The molecule has 3 heterocycles. The Labute approximate surface area is 143 Å². The molecule has 1 aromatic rings. The topological polar surface area (TPSA) is 65.7 Å². The highest BCUT2D eigenvalue weighted by Crippen LogP contribution is 2.39. The summed E-state index contributed by atoms with van der Waals surface area (Å²) in [5.41, 5.74) is 0. The van der Waals surface area contributed by atoms with E-state index in [1.807, 2.05) is 4.90 Å². The number of hydrogen-bond donors (Lipinski definition) is 0. The maximum atomic E-state index is 12.3. The molecule has 7 nitrogen and oxygen atoms in total. The quantitative estimate of drug-likeness (QED) is 0.803. The minimum Gasteiger partial charge on any atom is -0.424 e. The number of aromatic nitrogens is 2. The monoisotopic (exact) mass is 333 g/mol. The summed E-state index contributed by atoms with van der Waals surface area (Å²) in [5, 5.41) is 8.31. The first-order valence-electron chi connectivity index (χ1n) is 9.33. The summed E-state index contributed by atoms with van der Waals surface area (Å²) in [7, 11) is 0. The second-order valence-corrected chi connectivity index (χ2v) is 7.30. The van der Waals surface area contributed by atoms with Crippen LogP contribution < -0.4 is 0 Å². The van der Waals surface area contributed by atoms with Gasteiger partial charge in [-0.3, -0.25) is 14.6 Å². The zero-order valence-corrected chi connectivity index (χ0v) is 14.3. The molecule has 2 saturated heterocycles. The van der Waals surface area contributed by atoms with E-state index >= 15 is 0 Å². The number of carbonyl (C=O) groups is 1. The summed E-state index contributed by atoms with van der Waals surface area (Å²) >= 11 is 0. The molecule has 132 valence electrons. The molecule has 1 amide bonds. The number of amides is 1. The van der Waals surface area contributed by atoms with Crippen molar-refractivity contribution in [3.8, 4) is 0 Å². The normalized spacial score (nSPS) is 23.6. The summed E-state index contributed by atoms with van der Waals surface area (Å²) in [4.78, 5) is 19.0. The van der Waals surface area contributed by atoms with Gasteiger partial charge in [0, 0.05) is 45.2 Å². The number of carbonyl (C=O) groups excluding carboxylic acids is 1. The zero-order chi connectivity index (χ0) is 16.4. The average molecular weight is 333 g/mol. The van der Waals surface area contributed by atoms with Crippen LogP contribution in [0.5, 0.6) is 0 Å². The van der Waals surface area contributed by atoms with E-state index in [1.54, 1.807) is 0 Å². The zero-order valence-electron chi connectivity index (χ0n) is 14.3. The van der Waals surface area contributed by atoms with Crippen LogP contribution in [0.4, 0.5) is 0 Å². The fourth-order valence-corrected chi connectivity index (χ4v) is 3.56. The molecule has 24 heavy (non-hydrogen) atoms. The summed E-state index contributed by atoms with van der Waals surface area (Å²) < 4.78 is 5.74. The van der Waals surface area contributed by atoms with Crippen molar-refractivity contribution in [1.82, 2.24) is 24.9 Å². The lowest BCUT2D eigenvalue weighted by Gasteiger charge is -2.35. The Hall–Kier alpha value is -1.47. The van der Waals surface area contributed by atoms with Crippen molar-refractivity contribution in [2.45, 2.75) is 44.6 Å². The Kier molecular flexibility index (Phi) is 4.80. The van der Waals surface area contributed by atoms with Gasteiger partial charge in [0.25, 0.3) is 0 Å². The van der Waals surface area contributed by atoms with Crippen LogP contribution >= 0.6 is 0 Å². The number of likely N-dealkylation sites (tertiary alicyclic amines) is 1. The van der Waals surface area contributed by atoms with Crippen molar-refractivity contribution in [3.63, 3.8) is 0 Å². The molecule has 0 unspecified atom stereocenters. The van der Waals surface area contributed by atoms with Gasteiger partial charge in [0.15, 0.2) is 0 Å². The number of piperidine rings is 1. The molecule has 3 fully saturated rings. The largest absolute Gasteiger partial charge is 0.424 e. The van der Waals surface area contributed by atoms with Crippen LogP contribution in [0, 0.1) is 0 Å². The van der Waals surface area contributed by atoms with Gasteiger partial charge in [0.05, 0.1) is 13.1 Å². The third-order valence-corrected chi connectivity index (χ3v) is 5.30. The molecule has 2 aliphatic heterocycles. The van der Waals surface area contributed by atoms with Crippen LogP contribution in [0.3, 0.4) is 0 Å². The van der Waals surface area contributed by atoms with E-state index in [0.717, 1.165) is 70.4 Å². The molecule has 0 radical (unpaired) electrons. The first-order chi connectivity index (χ1) is 11.8. The first kappa shape index (κ1) is 16.0. The van der Waals surface area contributed by atoms with Gasteiger partial charge >= 0.3 is 0 Å². The molecule has 0 aromatic carbocycles. The van der Waals surface area contributed by atoms with Gasteiger partial charge in [0.1, 0.15) is 0 Å². The number of rotatable bonds is 5. The average Bonchev–Trinajstić information content (AvgIpc) is 3.37. The van der Waals surface area contributed by atoms with Crippen LogP contribution in [0.1, 0.15) is 49.8 Å². The summed E-state index contributed by atoms with van der Waals surface area (Å²) in [6.45, 7) is 6.96. The molecule has 7 heteroatoms. The van der Waals surface area contributed by atoms with Crippen LogP contribution in [0.15, 0.2) is 4.42 Å². The van der Waals surface area contributed by atoms with Crippen LogP contribution in [-0.2, 0) is 11.3 Å². The lowest BCUT2D eigenvalue weighted by Crippen LogP contribution is -2.50. The van der Waals surface area contributed by atoms with E-state index in [4.69, 9.17) is 4.42 Å². The van der Waals surface area contributed by atoms with E-state index in [2.05, 4.69) is 20.0 Å². The van der Waals surface area contributed by atoms with Gasteiger partial charge in [-0.15, -0.1) is 10.2 Å². The second kappa shape index (κ2) is 7.19. The molecule has 0 spiro atoms. The molecule has 0 atom stereocenters. The maximum absolute atomic E-state index is 12.3. The second-order valence-electron chi connectivity index (χ2n) is 7.30. The summed E-state index contributed by atoms with van der Waals surface area (Å²) in [6, 6.07) is 0. The standard InChI is InChI=1S/C17H27N5O2/c23-16(22-6-2-1-3-7-22)13-21-10-8-20(9-11-21)12-15-18-19-17(24-15)14-4-5-14/h14H,1-13H2. The summed E-state index contributed by atoms with van der Waals surface area (Å²) in [6.07, 6.45) is 5.95. The van der Waals surface area contributed by atoms with Crippen LogP contribution in [0.2, 0.25) is 0 Å². The number of piperazine rings is 1. The van der Waals surface area contributed by atoms with Crippen molar-refractivity contribution in [1.29, 1.82) is 0 Å². The van der Waals surface area contributed by atoms with Gasteiger partial charge in [-0.05, 0) is 32.1 Å². The first-order valence-corrected chi connectivity index (χ1v) is 9.33. The molecule has 1 aromatic heterocycles. The molecule has 0 N–H and O–H groups in total. The molecule has 0 bridgehead atoms. The lowest BCUT2D eigenvalue weighted by atomic mass is 10.1. The predicted molar refractivity (Wildman–Crippen MR) is 88.4 cm³/mol. The Morgan fingerprint density at radius 2 is 1.67 bits per heavy atom. The number of nitrogens with zero attached hydrogens (tertiary/aromatic N) is 5. The van der Waals surface area contributed by atoms with Crippen LogP contribution in [0.25, 0.3) is 0 Å². The Bertz CT molecular complexity index is 557. The van der Waals surface area contributed by atoms with E-state index in [1.165, 1.54) is 19.3 Å². The van der Waals surface area contributed by atoms with Crippen molar-refractivity contribution in [2.24, 2.45) is 0 Å². The smallest absolute Gasteiger partial charge is 0.236 e. The van der Waals surface area contributed by atoms with E-state index < -0.39 is 0 Å². The van der Waals surface area contributed by atoms with Crippen molar-refractivity contribution < 1.29 is 9.21 Å². The van der Waals surface area contributed by atoms with Gasteiger partial charge < -0.3 is 9.32 Å². The lowest BCUT2D eigenvalue weighted by molar-refractivity contribution is -0.133. The Morgan fingerprint density at radius 3 is 2.38 bits per heavy atom. The highest BCUT2D eigenvalue weighted by molar-refractivity contribution is 5.78. The highest BCUT2D eigenvalue weighted by Gasteiger charge is 2.30. The minimum absolute atomic E-state index is 0.300. The van der Waals surface area contributed by atoms with Gasteiger partial charge in [-0.1, -0.05) is 0 Å². The third-order valence-electron chi connectivity index (χ3n) is 5.30. The fraction of sp³-hybridized carbons (Fsp3) is 0.824. The number of hydrogen-bond acceptors (Lipinski definition) is 6. The van der Waals surface area contributed by atoms with E-state index in [-0.39, 0.29) is 0 Å². The molecule has 4 rings (SSSR count). The van der Waals surface area contributed by atoms with Crippen LogP contribution in [-0.4, -0.2) is 76.6 Å². The van der Waals surface area contributed by atoms with Crippen molar-refractivity contribution in [2.75, 3.05) is 45.8 Å². The fourth-order valence-electron chi connectivity index (χ4n) is 3.56. The van der Waals surface area contributed by atoms with E-state index in [9.17, 15) is 4.79 Å². The van der Waals surface area contributed by atoms with Gasteiger partial charge in [-0.25, -0.2) is 0 Å². The Balaban J connectivity index is 1.20. The molecule has 3 aliphatic rings. The summed E-state index contributed by atoms with van der Waals surface area (Å²) in [5.74, 6) is 2.36. The third kappa shape index (κ3) is 3.95. The predicted octanol–water partition coefficient (Wildman–Crippen LogP) is 1.08. The molecule has 1 saturated carbocycles. The van der Waals surface area contributed by atoms with Gasteiger partial charge in [0.2, 0.25) is 17.7 Å². The molecule has 1 aliphatic carbocycles. The van der Waals surface area contributed by atoms with Crippen molar-refractivity contribution in [3.05, 3.63) is 11.8 Å². The van der Waals surface area contributed by atoms with Crippen molar-refractivity contribution >= 4 is 5.91 Å². The highest BCUT2D eigenvalue weighted by atomic mass is 16.4.